The number of hydrogen-bond donors (Lipinski definition) is 2. The van der Waals surface area contributed by atoms with Gasteiger partial charge in [0.25, 0.3) is 5.56 Å². The normalized spacial score (nSPS) is 24.6. The molecule has 0 spiro atoms. The lowest BCUT2D eigenvalue weighted by atomic mass is 10.1. The highest BCUT2D eigenvalue weighted by atomic mass is 31.2. The number of rotatable bonds is 9. The van der Waals surface area contributed by atoms with Crippen molar-refractivity contribution in [2.75, 3.05) is 19.8 Å². The van der Waals surface area contributed by atoms with Crippen LogP contribution >= 0.6 is 7.82 Å². The lowest BCUT2D eigenvalue weighted by molar-refractivity contribution is -0.101. The highest BCUT2D eigenvalue weighted by Crippen LogP contribution is 2.49. The molecule has 0 bridgehead atoms. The number of nitrogens with zero attached hydrogens (tertiary/aromatic N) is 1. The highest BCUT2D eigenvalue weighted by molar-refractivity contribution is 7.47. The molecule has 3 unspecified atom stereocenters. The Labute approximate surface area is 189 Å². The minimum Gasteiger partial charge on any atom is -0.423 e. The summed E-state index contributed by atoms with van der Waals surface area (Å²) in [7, 11) is -4.63. The smallest absolute Gasteiger partial charge is 0.423 e. The first kappa shape index (κ1) is 26.8. The van der Waals surface area contributed by atoms with Gasteiger partial charge < -0.3 is 23.8 Å². The molecule has 0 radical (unpaired) electrons. The molecule has 13 nitrogen and oxygen atoms in total. The molecule has 0 aromatic carbocycles. The van der Waals surface area contributed by atoms with Crippen LogP contribution in [-0.2, 0) is 32.6 Å². The van der Waals surface area contributed by atoms with Gasteiger partial charge in [-0.1, -0.05) is 5.92 Å². The van der Waals surface area contributed by atoms with Gasteiger partial charge in [-0.25, -0.2) is 14.2 Å². The molecule has 33 heavy (non-hydrogen) atoms. The quantitative estimate of drug-likeness (QED) is 0.287. The van der Waals surface area contributed by atoms with E-state index in [9.17, 15) is 23.8 Å². The van der Waals surface area contributed by atoms with Crippen LogP contribution in [0.2, 0.25) is 0 Å². The van der Waals surface area contributed by atoms with Gasteiger partial charge in [-0.15, -0.1) is 6.42 Å². The van der Waals surface area contributed by atoms with Crippen molar-refractivity contribution in [3.63, 3.8) is 0 Å². The van der Waals surface area contributed by atoms with E-state index >= 15 is 0 Å². The molecule has 1 aromatic rings. The molecule has 1 aromatic heterocycles. The first-order chi connectivity index (χ1) is 15.4. The largest absolute Gasteiger partial charge is 0.509 e. The Hall–Kier alpha value is -2.46. The van der Waals surface area contributed by atoms with Gasteiger partial charge in [0.2, 0.25) is 0 Å². The Kier molecular flexibility index (Phi) is 9.02. The van der Waals surface area contributed by atoms with Crippen LogP contribution in [0.5, 0.6) is 0 Å². The molecule has 184 valence electrons. The highest BCUT2D eigenvalue weighted by Gasteiger charge is 2.52. The number of nitrogens with one attached hydrogen (secondary N) is 1. The third-order valence-electron chi connectivity index (χ3n) is 4.14. The summed E-state index contributed by atoms with van der Waals surface area (Å²) in [5.41, 5.74) is -2.19. The number of phosphoric acid groups is 1. The zero-order valence-corrected chi connectivity index (χ0v) is 19.5. The molecular weight excluding hydrogens is 463 g/mol. The minimum absolute atomic E-state index is 0.150. The molecule has 1 saturated heterocycles. The monoisotopic (exact) mass is 490 g/mol. The standard InChI is InChI=1S/C19H27N2O11P/c1-6-10-27-18(24)31-15-14(32-33(25,26)29-7-2)12(11-28-19(3,4)5)30-16(15)21-9-8-13(22)20-17(21)23/h1,8-9,12,14-16H,7,10-11H2,2-5H3,(H,25,26)(H,20,22,23)/t12-,14?,15?,16-/m1/s1. The Morgan fingerprint density at radius 3 is 2.64 bits per heavy atom. The van der Waals surface area contributed by atoms with Crippen molar-refractivity contribution in [1.29, 1.82) is 0 Å². The lowest BCUT2D eigenvalue weighted by Gasteiger charge is -2.27. The maximum atomic E-state index is 12.4. The van der Waals surface area contributed by atoms with Crippen molar-refractivity contribution in [2.24, 2.45) is 0 Å². The average Bonchev–Trinajstić information content (AvgIpc) is 3.00. The number of terminal acetylenes is 1. The summed E-state index contributed by atoms with van der Waals surface area (Å²) in [6.07, 6.45) is -0.461. The third-order valence-corrected chi connectivity index (χ3v) is 5.24. The van der Waals surface area contributed by atoms with E-state index in [1.165, 1.54) is 6.92 Å². The molecule has 0 aliphatic carbocycles. The molecule has 2 heterocycles. The van der Waals surface area contributed by atoms with Crippen LogP contribution in [0.15, 0.2) is 21.9 Å². The zero-order chi connectivity index (χ0) is 24.8. The number of H-pyrrole nitrogens is 1. The van der Waals surface area contributed by atoms with Crippen molar-refractivity contribution in [3.05, 3.63) is 33.1 Å². The van der Waals surface area contributed by atoms with Gasteiger partial charge in [0.1, 0.15) is 12.2 Å². The Balaban J connectivity index is 2.48. The molecule has 1 fully saturated rings. The Morgan fingerprint density at radius 1 is 1.36 bits per heavy atom. The van der Waals surface area contributed by atoms with E-state index in [0.717, 1.165) is 16.8 Å². The summed E-state index contributed by atoms with van der Waals surface area (Å²) in [5.74, 6) is 2.09. The van der Waals surface area contributed by atoms with E-state index in [1.54, 1.807) is 20.8 Å². The minimum atomic E-state index is -4.63. The van der Waals surface area contributed by atoms with Crippen molar-refractivity contribution < 1.29 is 42.2 Å². The van der Waals surface area contributed by atoms with Crippen molar-refractivity contribution in [2.45, 2.75) is 57.8 Å². The van der Waals surface area contributed by atoms with Crippen LogP contribution in [0.3, 0.4) is 0 Å². The second-order valence-corrected chi connectivity index (χ2v) is 9.19. The molecule has 5 atom stereocenters. The topological polar surface area (TPSA) is 165 Å². The molecule has 0 amide bonds. The summed E-state index contributed by atoms with van der Waals surface area (Å²) >= 11 is 0. The Bertz CT molecular complexity index is 1020. The second kappa shape index (κ2) is 11.1. The van der Waals surface area contributed by atoms with E-state index in [-0.39, 0.29) is 13.2 Å². The summed E-state index contributed by atoms with van der Waals surface area (Å²) < 4.78 is 44.9. The number of carbonyl (C=O) groups excluding carboxylic acids is 1. The van der Waals surface area contributed by atoms with Gasteiger partial charge in [-0.2, -0.15) is 0 Å². The van der Waals surface area contributed by atoms with E-state index in [4.69, 9.17) is 34.4 Å². The van der Waals surface area contributed by atoms with Crippen molar-refractivity contribution >= 4 is 14.0 Å². The average molecular weight is 490 g/mol. The van der Waals surface area contributed by atoms with Crippen LogP contribution in [-0.4, -0.2) is 64.3 Å². The number of hydrogen-bond acceptors (Lipinski definition) is 10. The van der Waals surface area contributed by atoms with Gasteiger partial charge in [0.15, 0.2) is 18.9 Å². The van der Waals surface area contributed by atoms with Gasteiger partial charge in [0.05, 0.1) is 18.8 Å². The first-order valence-corrected chi connectivity index (χ1v) is 11.4. The van der Waals surface area contributed by atoms with Gasteiger partial charge >= 0.3 is 19.7 Å². The van der Waals surface area contributed by atoms with Gasteiger partial charge in [0, 0.05) is 12.3 Å². The summed E-state index contributed by atoms with van der Waals surface area (Å²) in [4.78, 5) is 48.1. The molecule has 2 N–H and O–H groups in total. The molecule has 14 heteroatoms. The summed E-state index contributed by atoms with van der Waals surface area (Å²) in [5, 5.41) is 0. The fraction of sp³-hybridized carbons (Fsp3) is 0.632. The number of ether oxygens (including phenoxy) is 4. The van der Waals surface area contributed by atoms with E-state index < -0.39 is 62.0 Å². The molecule has 0 saturated carbocycles. The van der Waals surface area contributed by atoms with Gasteiger partial charge in [-0.05, 0) is 27.7 Å². The van der Waals surface area contributed by atoms with E-state index in [0.29, 0.717) is 0 Å². The van der Waals surface area contributed by atoms with Crippen molar-refractivity contribution in [3.8, 4) is 12.3 Å². The van der Waals surface area contributed by atoms with Crippen LogP contribution in [0, 0.1) is 12.3 Å². The third kappa shape index (κ3) is 7.82. The van der Waals surface area contributed by atoms with E-state index in [1.807, 2.05) is 0 Å². The maximum Gasteiger partial charge on any atom is 0.509 e. The zero-order valence-electron chi connectivity index (χ0n) is 18.6. The van der Waals surface area contributed by atoms with Crippen LogP contribution < -0.4 is 11.2 Å². The fourth-order valence-electron chi connectivity index (χ4n) is 2.87. The molecule has 2 rings (SSSR count). The predicted octanol–water partition coefficient (Wildman–Crippen LogP) is 0.926. The van der Waals surface area contributed by atoms with Crippen molar-refractivity contribution in [1.82, 2.24) is 9.55 Å². The maximum absolute atomic E-state index is 12.4. The van der Waals surface area contributed by atoms with E-state index in [2.05, 4.69) is 10.9 Å². The lowest BCUT2D eigenvalue weighted by Crippen LogP contribution is -2.42. The first-order valence-electron chi connectivity index (χ1n) is 9.90. The summed E-state index contributed by atoms with van der Waals surface area (Å²) in [6.45, 7) is 6.05. The number of carbonyl (C=O) groups is 1. The molecular formula is C19H27N2O11P. The predicted molar refractivity (Wildman–Crippen MR) is 112 cm³/mol. The molecule has 1 aliphatic heterocycles. The fourth-order valence-corrected chi connectivity index (χ4v) is 3.82. The number of aromatic nitrogens is 2. The second-order valence-electron chi connectivity index (χ2n) is 7.79. The SMILES string of the molecule is C#CCOC(=O)OC1C(OP(=O)(O)OCC)[C@@H](COC(C)(C)C)O[C@H]1n1ccc(=O)[nH]c1=O. The number of phosphoric ester groups is 1. The summed E-state index contributed by atoms with van der Waals surface area (Å²) in [6, 6.07) is 1.05. The van der Waals surface area contributed by atoms with Crippen LogP contribution in [0.25, 0.3) is 0 Å². The van der Waals surface area contributed by atoms with Gasteiger partial charge in [-0.3, -0.25) is 23.4 Å². The van der Waals surface area contributed by atoms with Crippen LogP contribution in [0.1, 0.15) is 33.9 Å². The Morgan fingerprint density at radius 2 is 2.06 bits per heavy atom. The number of aromatic amines is 1. The van der Waals surface area contributed by atoms with Crippen LogP contribution in [0.4, 0.5) is 4.79 Å². The molecule has 1 aliphatic rings.